The fourth-order valence-electron chi connectivity index (χ4n) is 1.39. The summed E-state index contributed by atoms with van der Waals surface area (Å²) in [4.78, 5) is 18.8. The molecule has 0 radical (unpaired) electrons. The van der Waals surface area contributed by atoms with Crippen molar-refractivity contribution in [3.63, 3.8) is 0 Å². The van der Waals surface area contributed by atoms with Crippen LogP contribution in [-0.4, -0.2) is 15.9 Å². The van der Waals surface area contributed by atoms with E-state index in [2.05, 4.69) is 15.3 Å². The van der Waals surface area contributed by atoms with Gasteiger partial charge >= 0.3 is 0 Å². The fourth-order valence-corrected chi connectivity index (χ4v) is 1.62. The number of nitrogens with zero attached hydrogens (tertiary/aromatic N) is 1. The highest BCUT2D eigenvalue weighted by molar-refractivity contribution is 7.71. The SMILES string of the molecule is Cc1ccnc(NC(=O)c2ccc[nH]c2=S)c1. The standard InChI is InChI=1S/C12H11N3OS/c1-8-4-6-13-10(7-8)15-11(16)9-3-2-5-14-12(9)17/h2-7H,1H3,(H,14,17)(H,13,15,16). The predicted octanol–water partition coefficient (Wildman–Crippen LogP) is 2.70. The largest absolute Gasteiger partial charge is 0.352 e. The molecule has 0 aliphatic carbocycles. The Morgan fingerprint density at radius 1 is 1.47 bits per heavy atom. The molecule has 0 unspecified atom stereocenters. The van der Waals surface area contributed by atoms with Gasteiger partial charge in [-0.1, -0.05) is 12.2 Å². The van der Waals surface area contributed by atoms with Crippen LogP contribution in [0.3, 0.4) is 0 Å². The monoisotopic (exact) mass is 245 g/mol. The Kier molecular flexibility index (Phi) is 3.30. The second-order valence-electron chi connectivity index (χ2n) is 3.59. The van der Waals surface area contributed by atoms with Crippen molar-refractivity contribution in [2.75, 3.05) is 5.32 Å². The van der Waals surface area contributed by atoms with E-state index < -0.39 is 0 Å². The fraction of sp³-hybridized carbons (Fsp3) is 0.0833. The number of aromatic amines is 1. The first-order chi connectivity index (χ1) is 8.16. The Bertz CT molecular complexity index is 606. The van der Waals surface area contributed by atoms with Crippen molar-refractivity contribution < 1.29 is 4.79 Å². The van der Waals surface area contributed by atoms with E-state index >= 15 is 0 Å². The van der Waals surface area contributed by atoms with Crippen LogP contribution >= 0.6 is 12.2 Å². The number of rotatable bonds is 2. The molecule has 1 amide bonds. The van der Waals surface area contributed by atoms with Crippen LogP contribution in [0.1, 0.15) is 15.9 Å². The molecule has 0 bridgehead atoms. The van der Waals surface area contributed by atoms with Gasteiger partial charge in [-0.2, -0.15) is 0 Å². The molecule has 5 heteroatoms. The topological polar surface area (TPSA) is 57.8 Å². The van der Waals surface area contributed by atoms with Crippen LogP contribution < -0.4 is 5.32 Å². The molecule has 17 heavy (non-hydrogen) atoms. The number of amides is 1. The molecule has 86 valence electrons. The van der Waals surface area contributed by atoms with Gasteiger partial charge in [-0.25, -0.2) is 4.98 Å². The van der Waals surface area contributed by atoms with Gasteiger partial charge in [-0.15, -0.1) is 0 Å². The molecule has 0 spiro atoms. The lowest BCUT2D eigenvalue weighted by Crippen LogP contribution is -2.13. The molecule has 4 nitrogen and oxygen atoms in total. The minimum absolute atomic E-state index is 0.259. The molecule has 2 aromatic heterocycles. The summed E-state index contributed by atoms with van der Waals surface area (Å²) in [5.74, 6) is 0.262. The van der Waals surface area contributed by atoms with Crippen LogP contribution in [0.5, 0.6) is 0 Å². The van der Waals surface area contributed by atoms with Crippen molar-refractivity contribution in [2.45, 2.75) is 6.92 Å². The highest BCUT2D eigenvalue weighted by atomic mass is 32.1. The molecule has 2 N–H and O–H groups in total. The molecule has 0 aliphatic heterocycles. The number of aryl methyl sites for hydroxylation is 1. The maximum Gasteiger partial charge on any atom is 0.259 e. The van der Waals surface area contributed by atoms with Crippen LogP contribution in [0.2, 0.25) is 0 Å². The second-order valence-corrected chi connectivity index (χ2v) is 3.99. The summed E-state index contributed by atoms with van der Waals surface area (Å²) in [6.45, 7) is 1.94. The Hall–Kier alpha value is -2.01. The van der Waals surface area contributed by atoms with Crippen molar-refractivity contribution in [3.05, 3.63) is 52.4 Å². The van der Waals surface area contributed by atoms with Gasteiger partial charge in [0, 0.05) is 12.4 Å². The molecule has 0 aliphatic rings. The summed E-state index contributed by atoms with van der Waals surface area (Å²) >= 11 is 5.03. The number of hydrogen-bond acceptors (Lipinski definition) is 3. The van der Waals surface area contributed by atoms with Gasteiger partial charge < -0.3 is 10.3 Å². The van der Waals surface area contributed by atoms with Crippen LogP contribution in [0.15, 0.2) is 36.7 Å². The molecule has 0 atom stereocenters. The van der Waals surface area contributed by atoms with Crippen molar-refractivity contribution >= 4 is 23.9 Å². The van der Waals surface area contributed by atoms with Crippen molar-refractivity contribution in [1.82, 2.24) is 9.97 Å². The van der Waals surface area contributed by atoms with Gasteiger partial charge in [0.05, 0.1) is 5.56 Å². The van der Waals surface area contributed by atoms with E-state index in [1.807, 2.05) is 13.0 Å². The average molecular weight is 245 g/mol. The van der Waals surface area contributed by atoms with E-state index in [0.29, 0.717) is 16.0 Å². The van der Waals surface area contributed by atoms with E-state index in [4.69, 9.17) is 12.2 Å². The zero-order chi connectivity index (χ0) is 12.3. The van der Waals surface area contributed by atoms with Gasteiger partial charge in [0.2, 0.25) is 0 Å². The maximum atomic E-state index is 11.9. The van der Waals surface area contributed by atoms with E-state index in [0.717, 1.165) is 5.56 Å². The lowest BCUT2D eigenvalue weighted by molar-refractivity contribution is 0.102. The quantitative estimate of drug-likeness (QED) is 0.800. The average Bonchev–Trinajstić information content (AvgIpc) is 2.29. The number of nitrogens with one attached hydrogen (secondary N) is 2. The van der Waals surface area contributed by atoms with Gasteiger partial charge in [0.25, 0.3) is 5.91 Å². The summed E-state index contributed by atoms with van der Waals surface area (Å²) < 4.78 is 0.414. The number of hydrogen-bond donors (Lipinski definition) is 2. The van der Waals surface area contributed by atoms with Crippen LogP contribution in [0, 0.1) is 11.6 Å². The number of carbonyl (C=O) groups is 1. The summed E-state index contributed by atoms with van der Waals surface area (Å²) in [6.07, 6.45) is 3.33. The summed E-state index contributed by atoms with van der Waals surface area (Å²) in [7, 11) is 0. The molecule has 0 aromatic carbocycles. The third-order valence-electron chi connectivity index (χ3n) is 2.22. The Morgan fingerprint density at radius 3 is 3.00 bits per heavy atom. The van der Waals surface area contributed by atoms with Gasteiger partial charge in [-0.05, 0) is 36.8 Å². The predicted molar refractivity (Wildman–Crippen MR) is 68.6 cm³/mol. The number of anilines is 1. The zero-order valence-corrected chi connectivity index (χ0v) is 10.0. The third kappa shape index (κ3) is 2.76. The Labute approximate surface area is 104 Å². The highest BCUT2D eigenvalue weighted by Gasteiger charge is 2.08. The first-order valence-corrected chi connectivity index (χ1v) is 5.49. The minimum Gasteiger partial charge on any atom is -0.352 e. The van der Waals surface area contributed by atoms with Crippen LogP contribution in [0.4, 0.5) is 5.82 Å². The maximum absolute atomic E-state index is 11.9. The van der Waals surface area contributed by atoms with E-state index in [9.17, 15) is 4.79 Å². The van der Waals surface area contributed by atoms with Gasteiger partial charge in [0.1, 0.15) is 10.5 Å². The zero-order valence-electron chi connectivity index (χ0n) is 9.23. The summed E-state index contributed by atoms with van der Waals surface area (Å²) in [6, 6.07) is 7.07. The molecule has 0 saturated heterocycles. The van der Waals surface area contributed by atoms with E-state index in [1.165, 1.54) is 0 Å². The van der Waals surface area contributed by atoms with Crippen LogP contribution in [-0.2, 0) is 0 Å². The number of pyridine rings is 2. The molecule has 2 aromatic rings. The summed E-state index contributed by atoms with van der Waals surface area (Å²) in [5, 5.41) is 2.70. The second kappa shape index (κ2) is 4.88. The van der Waals surface area contributed by atoms with Crippen molar-refractivity contribution in [1.29, 1.82) is 0 Å². The minimum atomic E-state index is -0.259. The van der Waals surface area contributed by atoms with Gasteiger partial charge in [0.15, 0.2) is 0 Å². The molecule has 0 fully saturated rings. The molecular weight excluding hydrogens is 234 g/mol. The highest BCUT2D eigenvalue weighted by Crippen LogP contribution is 2.08. The first-order valence-electron chi connectivity index (χ1n) is 5.08. The lowest BCUT2D eigenvalue weighted by Gasteiger charge is -2.04. The molecule has 2 rings (SSSR count). The first kappa shape index (κ1) is 11.5. The van der Waals surface area contributed by atoms with E-state index in [-0.39, 0.29) is 5.91 Å². The summed E-state index contributed by atoms with van der Waals surface area (Å²) in [5.41, 5.74) is 1.47. The Balaban J connectivity index is 2.23. The number of carbonyl (C=O) groups excluding carboxylic acids is 1. The van der Waals surface area contributed by atoms with E-state index in [1.54, 1.807) is 30.6 Å². The smallest absolute Gasteiger partial charge is 0.259 e. The molecule has 2 heterocycles. The number of H-pyrrole nitrogens is 1. The lowest BCUT2D eigenvalue weighted by atomic mass is 10.2. The van der Waals surface area contributed by atoms with Crippen molar-refractivity contribution in [3.8, 4) is 0 Å². The van der Waals surface area contributed by atoms with Crippen LogP contribution in [0.25, 0.3) is 0 Å². The molecular formula is C12H11N3OS. The van der Waals surface area contributed by atoms with Crippen molar-refractivity contribution in [2.24, 2.45) is 0 Å². The normalized spacial score (nSPS) is 9.94. The molecule has 0 saturated carbocycles. The van der Waals surface area contributed by atoms with Gasteiger partial charge in [-0.3, -0.25) is 4.79 Å². The number of aromatic nitrogens is 2. The Morgan fingerprint density at radius 2 is 2.29 bits per heavy atom. The third-order valence-corrected chi connectivity index (χ3v) is 2.56.